The Labute approximate surface area is 339 Å². The fourth-order valence-corrected chi connectivity index (χ4v) is 9.14. The molecule has 0 saturated heterocycles. The van der Waals surface area contributed by atoms with Crippen LogP contribution in [0.4, 0.5) is 22.7 Å². The largest absolute Gasteiger partial charge is 0.344 e. The van der Waals surface area contributed by atoms with Crippen LogP contribution < -0.4 is 9.80 Å². The molecular weight excluding hydrogens is 677 g/mol. The molecule has 7 rings (SSSR count). The Morgan fingerprint density at radius 1 is 0.393 bits per heavy atom. The second-order valence-electron chi connectivity index (χ2n) is 17.6. The first-order valence-electron chi connectivity index (χ1n) is 21.5. The fraction of sp³-hybridized carbons (Fsp3) is 0.370. The van der Waals surface area contributed by atoms with Gasteiger partial charge in [0.25, 0.3) is 0 Å². The Hall–Kier alpha value is -4.82. The summed E-state index contributed by atoms with van der Waals surface area (Å²) in [7, 11) is 4.45. The summed E-state index contributed by atoms with van der Waals surface area (Å²) in [6.07, 6.45) is 21.7. The van der Waals surface area contributed by atoms with Crippen LogP contribution in [0.1, 0.15) is 149 Å². The summed E-state index contributed by atoms with van der Waals surface area (Å²) in [4.78, 5) is 4.78. The number of hydrogen-bond donors (Lipinski definition) is 0. The fourth-order valence-electron chi connectivity index (χ4n) is 9.14. The summed E-state index contributed by atoms with van der Waals surface area (Å²) in [6, 6.07) is 37.2. The van der Waals surface area contributed by atoms with Gasteiger partial charge in [-0.1, -0.05) is 177 Å². The number of rotatable bonds is 14. The molecule has 0 fully saturated rings. The second kappa shape index (κ2) is 16.7. The summed E-state index contributed by atoms with van der Waals surface area (Å²) in [5, 5.41) is 0. The van der Waals surface area contributed by atoms with Crippen LogP contribution in [-0.4, -0.2) is 14.1 Å². The monoisotopic (exact) mass is 741 g/mol. The molecule has 5 aromatic carbocycles. The van der Waals surface area contributed by atoms with Gasteiger partial charge in [-0.25, -0.2) is 0 Å². The molecule has 0 aliphatic carbocycles. The standard InChI is InChI=1S/C54H64N2/c1-9-11-13-15-17-41-29-33-49-47(35-41)53(3,4)45-31-27-43(37-51(45)55(49)7)25-23-39-19-21-40(22-20-39)24-26-44-28-32-46-52(38-44)56(8)50-34-30-42(18-16-14-12-10-2)36-48(50)54(46,5)6/h19-38H,9-18H2,1-8H3/b25-23+,26-24+. The van der Waals surface area contributed by atoms with Crippen LogP contribution in [0.15, 0.2) is 97.1 Å². The molecular formula is C54H64N2. The van der Waals surface area contributed by atoms with E-state index in [4.69, 9.17) is 0 Å². The smallest absolute Gasteiger partial charge is 0.0455 e. The van der Waals surface area contributed by atoms with Crippen LogP contribution in [-0.2, 0) is 23.7 Å². The molecule has 2 aliphatic rings. The van der Waals surface area contributed by atoms with Crippen LogP contribution in [0.5, 0.6) is 0 Å². The normalized spacial score (nSPS) is 15.2. The maximum atomic E-state index is 2.48. The topological polar surface area (TPSA) is 6.48 Å². The quantitative estimate of drug-likeness (QED) is 0.0826. The number of benzene rings is 5. The van der Waals surface area contributed by atoms with Gasteiger partial charge < -0.3 is 9.80 Å². The van der Waals surface area contributed by atoms with Crippen molar-refractivity contribution in [3.63, 3.8) is 0 Å². The van der Waals surface area contributed by atoms with Gasteiger partial charge >= 0.3 is 0 Å². The average molecular weight is 741 g/mol. The molecule has 2 nitrogen and oxygen atoms in total. The van der Waals surface area contributed by atoms with E-state index in [9.17, 15) is 0 Å². The van der Waals surface area contributed by atoms with E-state index in [-0.39, 0.29) is 10.8 Å². The van der Waals surface area contributed by atoms with E-state index in [1.807, 2.05) is 0 Å². The molecule has 0 atom stereocenters. The Kier molecular flexibility index (Phi) is 11.8. The van der Waals surface area contributed by atoms with Crippen molar-refractivity contribution in [1.82, 2.24) is 0 Å². The van der Waals surface area contributed by atoms with Crippen molar-refractivity contribution in [2.75, 3.05) is 23.9 Å². The molecule has 0 aromatic heterocycles. The van der Waals surface area contributed by atoms with Gasteiger partial charge in [-0.05, 0) is 106 Å². The number of hydrogen-bond acceptors (Lipinski definition) is 2. The SMILES string of the molecule is CCCCCCc1ccc2c(c1)C(C)(C)c1ccc(/C=C/c3ccc(/C=C/c4ccc5c(c4)N(C)c4ccc(CCCCCC)cc4C5(C)C)cc3)cc1N2C. The Bertz CT molecular complexity index is 2050. The van der Waals surface area contributed by atoms with Crippen molar-refractivity contribution >= 4 is 47.1 Å². The number of unbranched alkanes of at least 4 members (excludes halogenated alkanes) is 6. The minimum atomic E-state index is -0.0449. The minimum Gasteiger partial charge on any atom is -0.344 e. The predicted octanol–water partition coefficient (Wildman–Crippen LogP) is 15.1. The van der Waals surface area contributed by atoms with E-state index >= 15 is 0 Å². The molecule has 2 heterocycles. The number of nitrogens with zero attached hydrogens (tertiary/aromatic N) is 2. The van der Waals surface area contributed by atoms with E-state index in [2.05, 4.69) is 187 Å². The van der Waals surface area contributed by atoms with Gasteiger partial charge in [-0.3, -0.25) is 0 Å². The zero-order chi connectivity index (χ0) is 39.5. The van der Waals surface area contributed by atoms with Crippen molar-refractivity contribution in [1.29, 1.82) is 0 Å². The zero-order valence-electron chi connectivity index (χ0n) is 35.5. The van der Waals surface area contributed by atoms with Gasteiger partial charge in [-0.15, -0.1) is 0 Å². The number of fused-ring (bicyclic) bond motifs is 4. The maximum absolute atomic E-state index is 2.48. The van der Waals surface area contributed by atoms with E-state index in [0.717, 1.165) is 0 Å². The van der Waals surface area contributed by atoms with Crippen LogP contribution in [0.25, 0.3) is 24.3 Å². The summed E-state index contributed by atoms with van der Waals surface area (Å²) < 4.78 is 0. The molecule has 0 unspecified atom stereocenters. The van der Waals surface area contributed by atoms with E-state index in [0.29, 0.717) is 0 Å². The summed E-state index contributed by atoms with van der Waals surface area (Å²) in [5.41, 5.74) is 18.6. The minimum absolute atomic E-state index is 0.0449. The van der Waals surface area contributed by atoms with Gasteiger partial charge in [0, 0.05) is 47.7 Å². The van der Waals surface area contributed by atoms with Crippen molar-refractivity contribution in [2.45, 2.75) is 117 Å². The van der Waals surface area contributed by atoms with Crippen LogP contribution in [0.3, 0.4) is 0 Å². The van der Waals surface area contributed by atoms with Crippen LogP contribution >= 0.6 is 0 Å². The van der Waals surface area contributed by atoms with Crippen molar-refractivity contribution in [3.8, 4) is 0 Å². The lowest BCUT2D eigenvalue weighted by molar-refractivity contribution is 0.625. The molecule has 0 amide bonds. The molecule has 56 heavy (non-hydrogen) atoms. The van der Waals surface area contributed by atoms with Gasteiger partial charge in [0.15, 0.2) is 0 Å². The molecule has 290 valence electrons. The van der Waals surface area contributed by atoms with E-state index in [1.165, 1.54) is 143 Å². The highest BCUT2D eigenvalue weighted by atomic mass is 15.1. The van der Waals surface area contributed by atoms with Gasteiger partial charge in [0.1, 0.15) is 0 Å². The molecule has 2 heteroatoms. The van der Waals surface area contributed by atoms with Crippen molar-refractivity contribution in [3.05, 3.63) is 153 Å². The number of anilines is 4. The third kappa shape index (κ3) is 8.04. The third-order valence-electron chi connectivity index (χ3n) is 12.8. The average Bonchev–Trinajstić information content (AvgIpc) is 3.21. The first-order valence-corrected chi connectivity index (χ1v) is 21.5. The molecule has 5 aromatic rings. The predicted molar refractivity (Wildman–Crippen MR) is 246 cm³/mol. The lowest BCUT2D eigenvalue weighted by atomic mass is 9.73. The molecule has 0 saturated carbocycles. The molecule has 0 spiro atoms. The highest BCUT2D eigenvalue weighted by molar-refractivity contribution is 5.83. The maximum Gasteiger partial charge on any atom is 0.0455 e. The van der Waals surface area contributed by atoms with Gasteiger partial charge in [0.2, 0.25) is 0 Å². The van der Waals surface area contributed by atoms with Gasteiger partial charge in [-0.2, -0.15) is 0 Å². The number of aryl methyl sites for hydroxylation is 2. The zero-order valence-corrected chi connectivity index (χ0v) is 35.5. The Balaban J connectivity index is 1.02. The molecule has 2 aliphatic heterocycles. The molecule has 0 bridgehead atoms. The van der Waals surface area contributed by atoms with Gasteiger partial charge in [0.05, 0.1) is 0 Å². The first kappa shape index (κ1) is 39.4. The first-order chi connectivity index (χ1) is 27.0. The Morgan fingerprint density at radius 2 is 0.768 bits per heavy atom. The second-order valence-corrected chi connectivity index (χ2v) is 17.6. The lowest BCUT2D eigenvalue weighted by Crippen LogP contribution is -2.31. The van der Waals surface area contributed by atoms with Crippen molar-refractivity contribution in [2.24, 2.45) is 0 Å². The highest BCUT2D eigenvalue weighted by Gasteiger charge is 2.36. The third-order valence-corrected chi connectivity index (χ3v) is 12.8. The highest BCUT2D eigenvalue weighted by Crippen LogP contribution is 2.50. The van der Waals surface area contributed by atoms with E-state index < -0.39 is 0 Å². The lowest BCUT2D eigenvalue weighted by Gasteiger charge is -2.41. The Morgan fingerprint density at radius 3 is 1.16 bits per heavy atom. The van der Waals surface area contributed by atoms with E-state index in [1.54, 1.807) is 0 Å². The summed E-state index contributed by atoms with van der Waals surface area (Å²) >= 11 is 0. The molecule has 0 N–H and O–H groups in total. The molecule has 0 radical (unpaired) electrons. The summed E-state index contributed by atoms with van der Waals surface area (Å²) in [5.74, 6) is 0. The summed E-state index contributed by atoms with van der Waals surface area (Å²) in [6.45, 7) is 14.1. The van der Waals surface area contributed by atoms with Crippen LogP contribution in [0, 0.1) is 0 Å². The van der Waals surface area contributed by atoms with Crippen molar-refractivity contribution < 1.29 is 0 Å². The van der Waals surface area contributed by atoms with Crippen LogP contribution in [0.2, 0.25) is 0 Å².